The van der Waals surface area contributed by atoms with Crippen LogP contribution < -0.4 is 5.32 Å². The number of hydrogen-bond donors (Lipinski definition) is 1. The fraction of sp³-hybridized carbons (Fsp3) is 0.125. The van der Waals surface area contributed by atoms with Crippen LogP contribution in [0.15, 0.2) is 46.6 Å². The fourth-order valence-corrected chi connectivity index (χ4v) is 3.25. The number of aryl methyl sites for hydroxylation is 1. The van der Waals surface area contributed by atoms with Crippen LogP contribution >= 0.6 is 27.3 Å². The summed E-state index contributed by atoms with van der Waals surface area (Å²) < 4.78 is 0.960. The quantitative estimate of drug-likeness (QED) is 0.651. The van der Waals surface area contributed by atoms with E-state index in [4.69, 9.17) is 0 Å². The average Bonchev–Trinajstić information content (AvgIpc) is 3.00. The summed E-state index contributed by atoms with van der Waals surface area (Å²) in [5, 5.41) is 2.64. The number of hydrogen-bond acceptors (Lipinski definition) is 3. The minimum absolute atomic E-state index is 0.263. The number of halogens is 1. The first-order valence-corrected chi connectivity index (χ1v) is 8.29. The number of carbonyl (C=O) groups is 2. The smallest absolute Gasteiger partial charge is 0.303 e. The molecule has 1 fully saturated rings. The summed E-state index contributed by atoms with van der Waals surface area (Å²) >= 11 is 4.94. The van der Waals surface area contributed by atoms with Crippen molar-refractivity contribution in [2.45, 2.75) is 13.5 Å². The van der Waals surface area contributed by atoms with Crippen molar-refractivity contribution in [2.75, 3.05) is 0 Å². The SMILES string of the molecule is Cc1ccc(C=C2NC(=O)N(Cc3ccc(Br)cc3)C2=O)s1. The summed E-state index contributed by atoms with van der Waals surface area (Å²) in [4.78, 5) is 27.7. The van der Waals surface area contributed by atoms with Crippen molar-refractivity contribution in [1.82, 2.24) is 10.2 Å². The Bertz CT molecular complexity index is 765. The Kier molecular flexibility index (Phi) is 4.13. The Morgan fingerprint density at radius 3 is 2.55 bits per heavy atom. The summed E-state index contributed by atoms with van der Waals surface area (Å²) in [6, 6.07) is 11.1. The molecule has 1 N–H and O–H groups in total. The van der Waals surface area contributed by atoms with Crippen LogP contribution in [0.25, 0.3) is 6.08 Å². The van der Waals surface area contributed by atoms with E-state index >= 15 is 0 Å². The van der Waals surface area contributed by atoms with E-state index in [9.17, 15) is 9.59 Å². The minimum atomic E-state index is -0.382. The molecular weight excluding hydrogens is 364 g/mol. The van der Waals surface area contributed by atoms with E-state index in [1.807, 2.05) is 43.3 Å². The Morgan fingerprint density at radius 1 is 1.18 bits per heavy atom. The van der Waals surface area contributed by atoms with E-state index in [0.29, 0.717) is 5.70 Å². The largest absolute Gasteiger partial charge is 0.329 e. The molecule has 1 aromatic carbocycles. The van der Waals surface area contributed by atoms with Gasteiger partial charge in [-0.05, 0) is 42.8 Å². The zero-order valence-corrected chi connectivity index (χ0v) is 14.2. The lowest BCUT2D eigenvalue weighted by atomic mass is 10.2. The molecule has 0 radical (unpaired) electrons. The highest BCUT2D eigenvalue weighted by Gasteiger charge is 2.33. The molecule has 1 aromatic heterocycles. The van der Waals surface area contributed by atoms with E-state index < -0.39 is 0 Å². The monoisotopic (exact) mass is 376 g/mol. The van der Waals surface area contributed by atoms with E-state index in [0.717, 1.165) is 19.8 Å². The molecule has 1 aliphatic heterocycles. The second-order valence-corrected chi connectivity index (χ2v) is 7.19. The lowest BCUT2D eigenvalue weighted by Gasteiger charge is -2.11. The van der Waals surface area contributed by atoms with Gasteiger partial charge < -0.3 is 5.32 Å². The molecule has 4 nitrogen and oxygen atoms in total. The van der Waals surface area contributed by atoms with Crippen molar-refractivity contribution >= 4 is 45.3 Å². The Morgan fingerprint density at radius 2 is 1.91 bits per heavy atom. The first-order chi connectivity index (χ1) is 10.5. The highest BCUT2D eigenvalue weighted by Crippen LogP contribution is 2.21. The molecule has 1 aliphatic rings. The molecule has 0 unspecified atom stereocenters. The molecule has 2 aromatic rings. The third kappa shape index (κ3) is 3.13. The van der Waals surface area contributed by atoms with Crippen LogP contribution in [0.2, 0.25) is 0 Å². The summed E-state index contributed by atoms with van der Waals surface area (Å²) in [7, 11) is 0. The van der Waals surface area contributed by atoms with Crippen LogP contribution in [0, 0.1) is 6.92 Å². The maximum absolute atomic E-state index is 12.4. The standard InChI is InChI=1S/C16H13BrN2O2S/c1-10-2-7-13(22-10)8-14-15(20)19(16(21)18-14)9-11-3-5-12(17)6-4-11/h2-8H,9H2,1H3,(H,18,21). The molecule has 112 valence electrons. The van der Waals surface area contributed by atoms with Crippen LogP contribution in [0.1, 0.15) is 15.3 Å². The number of benzene rings is 1. The maximum atomic E-state index is 12.4. The summed E-state index contributed by atoms with van der Waals surface area (Å²) in [6.45, 7) is 2.26. The van der Waals surface area contributed by atoms with Crippen LogP contribution in [0.4, 0.5) is 4.79 Å². The molecule has 3 rings (SSSR count). The van der Waals surface area contributed by atoms with Gasteiger partial charge in [0.15, 0.2) is 0 Å². The van der Waals surface area contributed by atoms with Crippen molar-refractivity contribution in [2.24, 2.45) is 0 Å². The van der Waals surface area contributed by atoms with Gasteiger partial charge in [0, 0.05) is 14.2 Å². The third-order valence-corrected chi connectivity index (χ3v) is 4.74. The summed E-state index contributed by atoms with van der Waals surface area (Å²) in [5.41, 5.74) is 1.23. The van der Waals surface area contributed by atoms with E-state index in [1.54, 1.807) is 17.4 Å². The number of nitrogens with zero attached hydrogens (tertiary/aromatic N) is 1. The third-order valence-electron chi connectivity index (χ3n) is 3.26. The lowest BCUT2D eigenvalue weighted by Crippen LogP contribution is -2.30. The molecular formula is C16H13BrN2O2S. The first-order valence-electron chi connectivity index (χ1n) is 6.68. The van der Waals surface area contributed by atoms with Crippen molar-refractivity contribution < 1.29 is 9.59 Å². The van der Waals surface area contributed by atoms with Crippen LogP contribution in [0.5, 0.6) is 0 Å². The minimum Gasteiger partial charge on any atom is -0.303 e. The Balaban J connectivity index is 1.79. The zero-order chi connectivity index (χ0) is 15.7. The highest BCUT2D eigenvalue weighted by atomic mass is 79.9. The van der Waals surface area contributed by atoms with Gasteiger partial charge >= 0.3 is 6.03 Å². The van der Waals surface area contributed by atoms with Crippen molar-refractivity contribution in [3.63, 3.8) is 0 Å². The van der Waals surface area contributed by atoms with Crippen LogP contribution in [-0.2, 0) is 11.3 Å². The van der Waals surface area contributed by atoms with Gasteiger partial charge in [0.05, 0.1) is 6.54 Å². The Hall–Kier alpha value is -1.92. The van der Waals surface area contributed by atoms with Crippen LogP contribution in [0.3, 0.4) is 0 Å². The second-order valence-electron chi connectivity index (χ2n) is 4.95. The molecule has 22 heavy (non-hydrogen) atoms. The number of nitrogens with one attached hydrogen (secondary N) is 1. The number of rotatable bonds is 3. The number of amides is 3. The molecule has 0 saturated carbocycles. The summed E-state index contributed by atoms with van der Waals surface area (Å²) in [6.07, 6.45) is 1.72. The number of thiophene rings is 1. The van der Waals surface area contributed by atoms with Gasteiger partial charge in [-0.15, -0.1) is 11.3 Å². The summed E-state index contributed by atoms with van der Waals surface area (Å²) in [5.74, 6) is -0.293. The first kappa shape index (κ1) is 15.0. The lowest BCUT2D eigenvalue weighted by molar-refractivity contribution is -0.123. The fourth-order valence-electron chi connectivity index (χ4n) is 2.16. The zero-order valence-electron chi connectivity index (χ0n) is 11.8. The molecule has 1 saturated heterocycles. The molecule has 0 aliphatic carbocycles. The number of urea groups is 1. The predicted molar refractivity (Wildman–Crippen MR) is 90.3 cm³/mol. The number of carbonyl (C=O) groups excluding carboxylic acids is 2. The van der Waals surface area contributed by atoms with Crippen molar-refractivity contribution in [3.05, 3.63) is 61.9 Å². The molecule has 6 heteroatoms. The van der Waals surface area contributed by atoms with Gasteiger partial charge in [-0.3, -0.25) is 9.69 Å². The maximum Gasteiger partial charge on any atom is 0.329 e. The second kappa shape index (κ2) is 6.06. The molecule has 0 atom stereocenters. The van der Waals surface area contributed by atoms with E-state index in [1.165, 1.54) is 4.90 Å². The van der Waals surface area contributed by atoms with Crippen LogP contribution in [-0.4, -0.2) is 16.8 Å². The van der Waals surface area contributed by atoms with Gasteiger partial charge in [-0.25, -0.2) is 4.79 Å². The van der Waals surface area contributed by atoms with Gasteiger partial charge in [0.1, 0.15) is 5.70 Å². The highest BCUT2D eigenvalue weighted by molar-refractivity contribution is 9.10. The van der Waals surface area contributed by atoms with E-state index in [2.05, 4.69) is 21.2 Å². The normalized spacial score (nSPS) is 16.5. The molecule has 0 bridgehead atoms. The topological polar surface area (TPSA) is 49.4 Å². The molecule has 2 heterocycles. The number of imide groups is 1. The van der Waals surface area contributed by atoms with Gasteiger partial charge in [-0.2, -0.15) is 0 Å². The van der Waals surface area contributed by atoms with Crippen molar-refractivity contribution in [1.29, 1.82) is 0 Å². The Labute approximate surface area is 140 Å². The average molecular weight is 377 g/mol. The predicted octanol–water partition coefficient (Wildman–Crippen LogP) is 3.91. The molecule has 0 spiro atoms. The van der Waals surface area contributed by atoms with Gasteiger partial charge in [0.2, 0.25) is 0 Å². The van der Waals surface area contributed by atoms with Gasteiger partial charge in [0.25, 0.3) is 5.91 Å². The van der Waals surface area contributed by atoms with Crippen molar-refractivity contribution in [3.8, 4) is 0 Å². The van der Waals surface area contributed by atoms with E-state index in [-0.39, 0.29) is 18.5 Å². The molecule has 3 amide bonds. The van der Waals surface area contributed by atoms with Gasteiger partial charge in [-0.1, -0.05) is 28.1 Å².